The largest absolute Gasteiger partial charge is 0.484 e. The molecule has 6 nitrogen and oxygen atoms in total. The third-order valence-electron chi connectivity index (χ3n) is 5.93. The van der Waals surface area contributed by atoms with Gasteiger partial charge in [0, 0.05) is 17.3 Å². The van der Waals surface area contributed by atoms with E-state index >= 15 is 0 Å². The van der Waals surface area contributed by atoms with Crippen molar-refractivity contribution >= 4 is 29.1 Å². The van der Waals surface area contributed by atoms with E-state index in [9.17, 15) is 9.59 Å². The number of furan rings is 1. The standard InChI is InChI=1S/C28H23ClN2O4/c29-21-8-4-9-22(16-21)30-26(32)18-35-23-12-11-19-13-14-31(28(33)25-10-5-15-34-25)27(24(19)17-23)20-6-2-1-3-7-20/h1-12,15-17,27H,13-14,18H2,(H,30,32)/t27-/m0/s1. The summed E-state index contributed by atoms with van der Waals surface area (Å²) in [4.78, 5) is 27.5. The molecule has 4 aromatic rings. The van der Waals surface area contributed by atoms with Gasteiger partial charge in [-0.15, -0.1) is 0 Å². The molecule has 1 N–H and O–H groups in total. The van der Waals surface area contributed by atoms with E-state index in [2.05, 4.69) is 5.32 Å². The Bertz CT molecular complexity index is 1340. The van der Waals surface area contributed by atoms with Crippen LogP contribution in [0.25, 0.3) is 0 Å². The highest BCUT2D eigenvalue weighted by Gasteiger charge is 2.33. The Morgan fingerprint density at radius 2 is 1.86 bits per heavy atom. The number of fused-ring (bicyclic) bond motifs is 1. The predicted octanol–water partition coefficient (Wildman–Crippen LogP) is 5.74. The molecule has 7 heteroatoms. The van der Waals surface area contributed by atoms with Gasteiger partial charge >= 0.3 is 0 Å². The van der Waals surface area contributed by atoms with Crippen molar-refractivity contribution in [3.05, 3.63) is 119 Å². The highest BCUT2D eigenvalue weighted by Crippen LogP contribution is 2.38. The fourth-order valence-electron chi connectivity index (χ4n) is 4.35. The zero-order chi connectivity index (χ0) is 24.2. The summed E-state index contributed by atoms with van der Waals surface area (Å²) in [5.74, 6) is 0.402. The predicted molar refractivity (Wildman–Crippen MR) is 134 cm³/mol. The van der Waals surface area contributed by atoms with Crippen molar-refractivity contribution in [2.75, 3.05) is 18.5 Å². The Kier molecular flexibility index (Phi) is 6.55. The van der Waals surface area contributed by atoms with Gasteiger partial charge in [-0.3, -0.25) is 9.59 Å². The lowest BCUT2D eigenvalue weighted by Gasteiger charge is -2.37. The van der Waals surface area contributed by atoms with Crippen molar-refractivity contribution in [3.63, 3.8) is 0 Å². The minimum absolute atomic E-state index is 0.156. The molecule has 2 amide bonds. The molecule has 0 saturated heterocycles. The highest BCUT2D eigenvalue weighted by molar-refractivity contribution is 6.30. The lowest BCUT2D eigenvalue weighted by atomic mass is 9.87. The summed E-state index contributed by atoms with van der Waals surface area (Å²) in [5.41, 5.74) is 3.70. The molecule has 0 aliphatic carbocycles. The zero-order valence-electron chi connectivity index (χ0n) is 18.8. The van der Waals surface area contributed by atoms with Crippen LogP contribution in [0.3, 0.4) is 0 Å². The van der Waals surface area contributed by atoms with Crippen molar-refractivity contribution in [2.24, 2.45) is 0 Å². The molecule has 0 unspecified atom stereocenters. The Balaban J connectivity index is 1.39. The first-order valence-electron chi connectivity index (χ1n) is 11.3. The van der Waals surface area contributed by atoms with Gasteiger partial charge in [-0.1, -0.05) is 54.1 Å². The van der Waals surface area contributed by atoms with Crippen LogP contribution in [0, 0.1) is 0 Å². The molecular weight excluding hydrogens is 464 g/mol. The maximum atomic E-state index is 13.3. The van der Waals surface area contributed by atoms with Gasteiger partial charge in [0.15, 0.2) is 12.4 Å². The van der Waals surface area contributed by atoms with Gasteiger partial charge in [-0.05, 0) is 65.6 Å². The van der Waals surface area contributed by atoms with E-state index in [1.807, 2.05) is 53.4 Å². The summed E-state index contributed by atoms with van der Waals surface area (Å²) in [6.45, 7) is 0.407. The molecule has 3 aromatic carbocycles. The van der Waals surface area contributed by atoms with Crippen LogP contribution in [0.4, 0.5) is 5.69 Å². The average Bonchev–Trinajstić information content (AvgIpc) is 3.42. The number of hydrogen-bond donors (Lipinski definition) is 1. The Labute approximate surface area is 208 Å². The van der Waals surface area contributed by atoms with Crippen molar-refractivity contribution in [2.45, 2.75) is 12.5 Å². The van der Waals surface area contributed by atoms with E-state index in [0.29, 0.717) is 35.2 Å². The van der Waals surface area contributed by atoms with Gasteiger partial charge in [-0.25, -0.2) is 0 Å². The van der Waals surface area contributed by atoms with Crippen LogP contribution >= 0.6 is 11.6 Å². The lowest BCUT2D eigenvalue weighted by Crippen LogP contribution is -2.40. The van der Waals surface area contributed by atoms with Gasteiger partial charge in [-0.2, -0.15) is 0 Å². The van der Waals surface area contributed by atoms with E-state index in [1.54, 1.807) is 36.4 Å². The van der Waals surface area contributed by atoms with Gasteiger partial charge in [0.2, 0.25) is 0 Å². The monoisotopic (exact) mass is 486 g/mol. The van der Waals surface area contributed by atoms with Crippen molar-refractivity contribution in [1.82, 2.24) is 4.90 Å². The number of amides is 2. The number of rotatable bonds is 6. The van der Waals surface area contributed by atoms with Gasteiger partial charge < -0.3 is 19.4 Å². The number of hydrogen-bond acceptors (Lipinski definition) is 4. The summed E-state index contributed by atoms with van der Waals surface area (Å²) in [7, 11) is 0. The third kappa shape index (κ3) is 5.08. The van der Waals surface area contributed by atoms with Gasteiger partial charge in [0.25, 0.3) is 11.8 Å². The molecule has 1 atom stereocenters. The highest BCUT2D eigenvalue weighted by atomic mass is 35.5. The van der Waals surface area contributed by atoms with Crippen molar-refractivity contribution in [1.29, 1.82) is 0 Å². The molecule has 0 saturated carbocycles. The minimum Gasteiger partial charge on any atom is -0.484 e. The SMILES string of the molecule is O=C(COc1ccc2c(c1)[C@H](c1ccccc1)N(C(=O)c1ccco1)CC2)Nc1cccc(Cl)c1. The topological polar surface area (TPSA) is 71.8 Å². The number of nitrogens with zero attached hydrogens (tertiary/aromatic N) is 1. The van der Waals surface area contributed by atoms with Crippen LogP contribution in [-0.4, -0.2) is 29.9 Å². The Morgan fingerprint density at radius 3 is 2.63 bits per heavy atom. The average molecular weight is 487 g/mol. The maximum absolute atomic E-state index is 13.3. The Morgan fingerprint density at radius 1 is 1.00 bits per heavy atom. The Hall–Kier alpha value is -4.03. The van der Waals surface area contributed by atoms with Crippen LogP contribution in [0.15, 0.2) is 95.6 Å². The van der Waals surface area contributed by atoms with Crippen molar-refractivity contribution < 1.29 is 18.7 Å². The van der Waals surface area contributed by atoms with Gasteiger partial charge in [0.1, 0.15) is 5.75 Å². The first kappa shape index (κ1) is 22.7. The second-order valence-corrected chi connectivity index (χ2v) is 8.68. The quantitative estimate of drug-likeness (QED) is 0.377. The molecule has 1 aliphatic rings. The van der Waals surface area contributed by atoms with Crippen LogP contribution in [-0.2, 0) is 11.2 Å². The number of halogens is 1. The smallest absolute Gasteiger partial charge is 0.290 e. The summed E-state index contributed by atoms with van der Waals surface area (Å²) in [5, 5.41) is 3.32. The molecule has 176 valence electrons. The lowest BCUT2D eigenvalue weighted by molar-refractivity contribution is -0.118. The fourth-order valence-corrected chi connectivity index (χ4v) is 4.54. The minimum atomic E-state index is -0.304. The summed E-state index contributed by atoms with van der Waals surface area (Å²) in [6, 6.07) is 25.7. The van der Waals surface area contributed by atoms with Gasteiger partial charge in [0.05, 0.1) is 12.3 Å². The number of benzene rings is 3. The normalized spacial score (nSPS) is 14.8. The van der Waals surface area contributed by atoms with Crippen molar-refractivity contribution in [3.8, 4) is 5.75 Å². The maximum Gasteiger partial charge on any atom is 0.290 e. The molecule has 35 heavy (non-hydrogen) atoms. The van der Waals surface area contributed by atoms with E-state index in [0.717, 1.165) is 16.7 Å². The molecular formula is C28H23ClN2O4. The molecule has 1 aliphatic heterocycles. The van der Waals surface area contributed by atoms with Crippen LogP contribution < -0.4 is 10.1 Å². The summed E-state index contributed by atoms with van der Waals surface area (Å²) < 4.78 is 11.2. The molecule has 2 heterocycles. The second kappa shape index (κ2) is 10.1. The summed E-state index contributed by atoms with van der Waals surface area (Å²) >= 11 is 5.98. The molecule has 1 aromatic heterocycles. The number of carbonyl (C=O) groups excluding carboxylic acids is 2. The molecule has 0 radical (unpaired) electrons. The first-order valence-corrected chi connectivity index (χ1v) is 11.7. The van der Waals surface area contributed by atoms with Crippen LogP contribution in [0.5, 0.6) is 5.75 Å². The third-order valence-corrected chi connectivity index (χ3v) is 6.17. The van der Waals surface area contributed by atoms with E-state index in [-0.39, 0.29) is 24.5 Å². The first-order chi connectivity index (χ1) is 17.1. The van der Waals surface area contributed by atoms with Crippen LogP contribution in [0.2, 0.25) is 5.02 Å². The summed E-state index contributed by atoms with van der Waals surface area (Å²) in [6.07, 6.45) is 2.21. The zero-order valence-corrected chi connectivity index (χ0v) is 19.6. The van der Waals surface area contributed by atoms with E-state index in [4.69, 9.17) is 20.8 Å². The number of nitrogens with one attached hydrogen (secondary N) is 1. The van der Waals surface area contributed by atoms with E-state index < -0.39 is 0 Å². The fraction of sp³-hybridized carbons (Fsp3) is 0.143. The molecule has 0 bridgehead atoms. The van der Waals surface area contributed by atoms with Crippen LogP contribution in [0.1, 0.15) is 33.3 Å². The molecule has 0 fully saturated rings. The number of ether oxygens (including phenoxy) is 1. The van der Waals surface area contributed by atoms with E-state index in [1.165, 1.54) is 6.26 Å². The second-order valence-electron chi connectivity index (χ2n) is 8.25. The molecule has 5 rings (SSSR count). The molecule has 0 spiro atoms. The number of anilines is 1. The number of carbonyl (C=O) groups is 2.